The number of hydroxylamine groups is 2. The van der Waals surface area contributed by atoms with Gasteiger partial charge < -0.3 is 28.5 Å². The van der Waals surface area contributed by atoms with Crippen LogP contribution in [0.4, 0.5) is 9.59 Å². The van der Waals surface area contributed by atoms with Crippen LogP contribution in [-0.4, -0.2) is 54.1 Å². The first-order valence-corrected chi connectivity index (χ1v) is 15.3. The van der Waals surface area contributed by atoms with Crippen molar-refractivity contribution in [3.8, 4) is 0 Å². The third kappa shape index (κ3) is 7.16. The smallest absolute Gasteiger partial charge is 0.434 e. The van der Waals surface area contributed by atoms with Gasteiger partial charge in [-0.15, -0.1) is 5.06 Å². The van der Waals surface area contributed by atoms with Gasteiger partial charge in [0.15, 0.2) is 5.79 Å². The van der Waals surface area contributed by atoms with Crippen molar-refractivity contribution in [2.24, 2.45) is 11.3 Å². The van der Waals surface area contributed by atoms with E-state index in [1.807, 2.05) is 72.7 Å². The number of ether oxygens (including phenoxy) is 5. The Morgan fingerprint density at radius 2 is 1.33 bits per heavy atom. The van der Waals surface area contributed by atoms with Crippen molar-refractivity contribution in [1.82, 2.24) is 5.06 Å². The van der Waals surface area contributed by atoms with Gasteiger partial charge in [-0.25, -0.2) is 9.59 Å². The van der Waals surface area contributed by atoms with Gasteiger partial charge in [0.25, 0.3) is 0 Å². The number of piperidine rings is 1. The van der Waals surface area contributed by atoms with E-state index >= 15 is 0 Å². The maximum atomic E-state index is 12.9. The number of rotatable bonds is 10. The van der Waals surface area contributed by atoms with Crippen molar-refractivity contribution >= 4 is 12.3 Å². The van der Waals surface area contributed by atoms with Gasteiger partial charge >= 0.3 is 12.3 Å². The van der Waals surface area contributed by atoms with Crippen molar-refractivity contribution in [3.63, 3.8) is 0 Å². The average Bonchev–Trinajstić information content (AvgIpc) is 3.04. The summed E-state index contributed by atoms with van der Waals surface area (Å²) in [5, 5.41) is 1.82. The summed E-state index contributed by atoms with van der Waals surface area (Å²) in [6, 6.07) is 19.0. The SMILES string of the molecule is CCC1(COC(=O)OCc2ccccc2)COC2(CC(C)(CC)N(OC(=O)OCc3ccccc3)C(C)(CC)C2C)OC1. The summed E-state index contributed by atoms with van der Waals surface area (Å²) in [7, 11) is 0. The van der Waals surface area contributed by atoms with Gasteiger partial charge in [0.05, 0.1) is 29.7 Å². The van der Waals surface area contributed by atoms with E-state index in [1.54, 1.807) is 0 Å². The van der Waals surface area contributed by atoms with Crippen LogP contribution in [0.2, 0.25) is 0 Å². The molecule has 3 unspecified atom stereocenters. The van der Waals surface area contributed by atoms with E-state index in [0.29, 0.717) is 38.9 Å². The van der Waals surface area contributed by atoms with Gasteiger partial charge in [-0.2, -0.15) is 0 Å². The van der Waals surface area contributed by atoms with E-state index in [0.717, 1.165) is 11.1 Å². The summed E-state index contributed by atoms with van der Waals surface area (Å²) in [6.07, 6.45) is 1.09. The van der Waals surface area contributed by atoms with E-state index in [1.165, 1.54) is 0 Å². The van der Waals surface area contributed by atoms with Gasteiger partial charge in [0.1, 0.15) is 19.8 Å². The predicted octanol–water partition coefficient (Wildman–Crippen LogP) is 7.43. The highest BCUT2D eigenvalue weighted by molar-refractivity contribution is 5.60. The lowest BCUT2D eigenvalue weighted by Gasteiger charge is -2.63. The third-order valence-electron chi connectivity index (χ3n) is 9.71. The molecule has 0 amide bonds. The highest BCUT2D eigenvalue weighted by atomic mass is 16.8. The Morgan fingerprint density at radius 1 is 0.791 bits per heavy atom. The summed E-state index contributed by atoms with van der Waals surface area (Å²) in [4.78, 5) is 31.3. The maximum absolute atomic E-state index is 12.9. The summed E-state index contributed by atoms with van der Waals surface area (Å²) < 4.78 is 29.7. The zero-order valence-corrected chi connectivity index (χ0v) is 26.4. The van der Waals surface area contributed by atoms with Crippen molar-refractivity contribution in [3.05, 3.63) is 71.8 Å². The van der Waals surface area contributed by atoms with Crippen LogP contribution in [0.1, 0.15) is 78.4 Å². The van der Waals surface area contributed by atoms with Gasteiger partial charge in [0.2, 0.25) is 0 Å². The lowest BCUT2D eigenvalue weighted by molar-refractivity contribution is -0.402. The standard InChI is InChI=1S/C34H47NO8/c1-7-31(5)22-34(26(4)32(6,8-2)35(31)43-30(37)39-21-28-18-14-11-15-19-28)41-24-33(9-3,25-42-34)23-40-29(36)38-20-27-16-12-10-13-17-27/h10-19,26H,7-9,20-25H2,1-6H3. The second-order valence-corrected chi connectivity index (χ2v) is 12.4. The molecule has 2 saturated heterocycles. The quantitative estimate of drug-likeness (QED) is 0.259. The molecular weight excluding hydrogens is 550 g/mol. The normalized spacial score (nSPS) is 30.9. The number of hydrogen-bond acceptors (Lipinski definition) is 9. The Labute approximate surface area is 255 Å². The van der Waals surface area contributed by atoms with Crippen LogP contribution < -0.4 is 0 Å². The molecule has 2 heterocycles. The van der Waals surface area contributed by atoms with Crippen molar-refractivity contribution < 1.29 is 38.1 Å². The molecule has 0 bridgehead atoms. The molecule has 0 aromatic heterocycles. The molecule has 9 heteroatoms. The highest BCUT2D eigenvalue weighted by Crippen LogP contribution is 2.54. The molecule has 9 nitrogen and oxygen atoms in total. The van der Waals surface area contributed by atoms with Gasteiger partial charge in [-0.1, -0.05) is 88.4 Å². The van der Waals surface area contributed by atoms with E-state index in [9.17, 15) is 9.59 Å². The van der Waals surface area contributed by atoms with E-state index < -0.39 is 34.6 Å². The molecule has 4 rings (SSSR count). The molecule has 0 radical (unpaired) electrons. The van der Waals surface area contributed by atoms with Crippen LogP contribution in [0.15, 0.2) is 60.7 Å². The highest BCUT2D eigenvalue weighted by Gasteiger charge is 2.64. The van der Waals surface area contributed by atoms with Crippen LogP contribution >= 0.6 is 0 Å². The lowest BCUT2D eigenvalue weighted by Crippen LogP contribution is -2.74. The number of carbonyl (C=O) groups excluding carboxylic acids is 2. The first-order chi connectivity index (χ1) is 20.5. The number of nitrogens with zero attached hydrogens (tertiary/aromatic N) is 1. The van der Waals surface area contributed by atoms with Gasteiger partial charge in [-0.05, 0) is 44.2 Å². The topological polar surface area (TPSA) is 92.8 Å². The minimum Gasteiger partial charge on any atom is -0.434 e. The molecular formula is C34H47NO8. The third-order valence-corrected chi connectivity index (χ3v) is 9.71. The van der Waals surface area contributed by atoms with E-state index in [4.69, 9.17) is 28.5 Å². The first-order valence-electron chi connectivity index (χ1n) is 15.3. The molecule has 2 aliphatic heterocycles. The minimum absolute atomic E-state index is 0.125. The Kier molecular flexibility index (Phi) is 10.4. The predicted molar refractivity (Wildman–Crippen MR) is 161 cm³/mol. The summed E-state index contributed by atoms with van der Waals surface area (Å²) in [5.74, 6) is -1.08. The van der Waals surface area contributed by atoms with Crippen molar-refractivity contribution in [2.75, 3.05) is 19.8 Å². The lowest BCUT2D eigenvalue weighted by atomic mass is 9.66. The fraction of sp³-hybridized carbons (Fsp3) is 0.588. The number of carbonyl (C=O) groups is 2. The van der Waals surface area contributed by atoms with Crippen LogP contribution in [0.5, 0.6) is 0 Å². The molecule has 0 N–H and O–H groups in total. The Hall–Kier alpha value is -3.14. The Bertz CT molecular complexity index is 1200. The molecule has 2 aromatic carbocycles. The molecule has 2 aliphatic rings. The van der Waals surface area contributed by atoms with Gasteiger partial charge in [-0.3, -0.25) is 0 Å². The van der Waals surface area contributed by atoms with E-state index in [2.05, 4.69) is 34.6 Å². The number of hydrogen-bond donors (Lipinski definition) is 0. The van der Waals surface area contributed by atoms with Gasteiger partial charge in [0, 0.05) is 12.3 Å². The molecule has 2 fully saturated rings. The average molecular weight is 598 g/mol. The Balaban J connectivity index is 1.41. The fourth-order valence-electron chi connectivity index (χ4n) is 6.12. The maximum Gasteiger partial charge on any atom is 0.528 e. The molecule has 2 aromatic rings. The summed E-state index contributed by atoms with van der Waals surface area (Å²) in [6.45, 7) is 13.5. The fourth-order valence-corrected chi connectivity index (χ4v) is 6.12. The zero-order chi connectivity index (χ0) is 31.1. The summed E-state index contributed by atoms with van der Waals surface area (Å²) >= 11 is 0. The summed E-state index contributed by atoms with van der Waals surface area (Å²) in [5.41, 5.74) is 0.0733. The van der Waals surface area contributed by atoms with Crippen LogP contribution in [0.25, 0.3) is 0 Å². The zero-order valence-electron chi connectivity index (χ0n) is 26.4. The molecule has 0 saturated carbocycles. The minimum atomic E-state index is -0.907. The largest absolute Gasteiger partial charge is 0.528 e. The molecule has 236 valence electrons. The molecule has 3 atom stereocenters. The second kappa shape index (κ2) is 13.7. The van der Waals surface area contributed by atoms with Crippen LogP contribution in [0.3, 0.4) is 0 Å². The van der Waals surface area contributed by atoms with E-state index in [-0.39, 0.29) is 25.7 Å². The first kappa shape index (κ1) is 32.8. The molecule has 1 spiro atoms. The second-order valence-electron chi connectivity index (χ2n) is 12.4. The van der Waals surface area contributed by atoms with Crippen molar-refractivity contribution in [1.29, 1.82) is 0 Å². The van der Waals surface area contributed by atoms with Crippen molar-refractivity contribution in [2.45, 2.75) is 97.3 Å². The molecule has 0 aliphatic carbocycles. The monoisotopic (exact) mass is 597 g/mol. The van der Waals surface area contributed by atoms with Crippen LogP contribution in [-0.2, 0) is 41.7 Å². The Morgan fingerprint density at radius 3 is 1.81 bits per heavy atom. The number of benzene rings is 2. The van der Waals surface area contributed by atoms with Crippen LogP contribution in [0, 0.1) is 11.3 Å². The molecule has 43 heavy (non-hydrogen) atoms.